The summed E-state index contributed by atoms with van der Waals surface area (Å²) in [6.07, 6.45) is 0. The van der Waals surface area contributed by atoms with E-state index in [2.05, 4.69) is 4.98 Å². The molecule has 0 radical (unpaired) electrons. The monoisotopic (exact) mass is 391 g/mol. The molecule has 0 aliphatic carbocycles. The van der Waals surface area contributed by atoms with Crippen molar-refractivity contribution in [3.8, 4) is 33.9 Å². The van der Waals surface area contributed by atoms with E-state index in [9.17, 15) is 9.59 Å². The van der Waals surface area contributed by atoms with Crippen molar-refractivity contribution in [2.45, 2.75) is 0 Å². The molecule has 1 N–H and O–H groups in total. The van der Waals surface area contributed by atoms with Crippen LogP contribution in [0.1, 0.15) is 0 Å². The average molecular weight is 391 g/mol. The zero-order valence-electron chi connectivity index (χ0n) is 16.6. The second-order valence-electron chi connectivity index (χ2n) is 6.76. The molecule has 0 saturated heterocycles. The van der Waals surface area contributed by atoms with Gasteiger partial charge in [0.25, 0.3) is 5.56 Å². The van der Waals surface area contributed by atoms with E-state index >= 15 is 0 Å². The van der Waals surface area contributed by atoms with Gasteiger partial charge in [-0.25, -0.2) is 4.79 Å². The van der Waals surface area contributed by atoms with Crippen molar-refractivity contribution in [2.75, 3.05) is 14.2 Å². The summed E-state index contributed by atoms with van der Waals surface area (Å²) in [5.74, 6) is 1.46. The number of fused-ring (bicyclic) bond motifs is 1. The number of nitrogens with zero attached hydrogens (tertiary/aromatic N) is 2. The van der Waals surface area contributed by atoms with Crippen LogP contribution in [0.4, 0.5) is 0 Å². The Bertz CT molecular complexity index is 1310. The smallest absolute Gasteiger partial charge is 0.332 e. The molecule has 0 atom stereocenters. The fourth-order valence-corrected chi connectivity index (χ4v) is 3.54. The van der Waals surface area contributed by atoms with Crippen molar-refractivity contribution >= 4 is 11.0 Å². The van der Waals surface area contributed by atoms with E-state index in [1.807, 2.05) is 48.5 Å². The summed E-state index contributed by atoms with van der Waals surface area (Å²) in [6.45, 7) is 0. The highest BCUT2D eigenvalue weighted by molar-refractivity contribution is 6.02. The first-order valence-corrected chi connectivity index (χ1v) is 9.06. The predicted molar refractivity (Wildman–Crippen MR) is 113 cm³/mol. The lowest BCUT2D eigenvalue weighted by molar-refractivity contribution is 0.414. The summed E-state index contributed by atoms with van der Waals surface area (Å²) in [5, 5.41) is 0.464. The van der Waals surface area contributed by atoms with Crippen molar-refractivity contribution in [3.63, 3.8) is 0 Å². The van der Waals surface area contributed by atoms with Gasteiger partial charge < -0.3 is 14.5 Å². The number of rotatable bonds is 4. The minimum Gasteiger partial charge on any atom is -0.497 e. The molecule has 0 amide bonds. The third-order valence-corrected chi connectivity index (χ3v) is 5.17. The van der Waals surface area contributed by atoms with Crippen LogP contribution in [0.3, 0.4) is 0 Å². The van der Waals surface area contributed by atoms with Crippen LogP contribution in [0.5, 0.6) is 11.5 Å². The van der Waals surface area contributed by atoms with Crippen LogP contribution < -0.4 is 20.7 Å². The second-order valence-corrected chi connectivity index (χ2v) is 6.76. The highest BCUT2D eigenvalue weighted by Gasteiger charge is 2.21. The van der Waals surface area contributed by atoms with Gasteiger partial charge in [-0.3, -0.25) is 13.9 Å². The second kappa shape index (κ2) is 7.01. The molecule has 0 saturated carbocycles. The van der Waals surface area contributed by atoms with Crippen LogP contribution in [0, 0.1) is 0 Å². The van der Waals surface area contributed by atoms with Gasteiger partial charge in [0.05, 0.1) is 25.3 Å². The van der Waals surface area contributed by atoms with Gasteiger partial charge in [-0.2, -0.15) is 0 Å². The number of benzene rings is 2. The van der Waals surface area contributed by atoms with Gasteiger partial charge >= 0.3 is 5.69 Å². The van der Waals surface area contributed by atoms with Crippen molar-refractivity contribution in [3.05, 3.63) is 69.4 Å². The number of hydrogen-bond donors (Lipinski definition) is 1. The molecule has 0 bridgehead atoms. The number of H-pyrrole nitrogens is 1. The molecule has 148 valence electrons. The molecule has 0 aliphatic rings. The molecule has 2 heterocycles. The summed E-state index contributed by atoms with van der Waals surface area (Å²) in [6, 6.07) is 15.0. The SMILES string of the molecule is COc1ccc(-c2[nH]c3c(c2-c2ccc(OC)cc2)c(=O)n(C)c(=O)n3C)cc1. The van der Waals surface area contributed by atoms with E-state index in [1.54, 1.807) is 21.3 Å². The van der Waals surface area contributed by atoms with Crippen LogP contribution in [-0.2, 0) is 14.1 Å². The van der Waals surface area contributed by atoms with Gasteiger partial charge in [-0.1, -0.05) is 12.1 Å². The molecule has 7 heteroatoms. The van der Waals surface area contributed by atoms with E-state index in [4.69, 9.17) is 9.47 Å². The largest absolute Gasteiger partial charge is 0.497 e. The number of ether oxygens (including phenoxy) is 2. The van der Waals surface area contributed by atoms with Gasteiger partial charge in [-0.15, -0.1) is 0 Å². The first-order valence-electron chi connectivity index (χ1n) is 9.06. The molecule has 0 spiro atoms. The summed E-state index contributed by atoms with van der Waals surface area (Å²) in [4.78, 5) is 28.8. The Morgan fingerprint density at radius 2 is 1.28 bits per heavy atom. The Labute approximate surface area is 166 Å². The van der Waals surface area contributed by atoms with Crippen LogP contribution in [-0.4, -0.2) is 28.3 Å². The third-order valence-electron chi connectivity index (χ3n) is 5.17. The van der Waals surface area contributed by atoms with Gasteiger partial charge in [0, 0.05) is 19.7 Å². The van der Waals surface area contributed by atoms with Crippen LogP contribution >= 0.6 is 0 Å². The lowest BCUT2D eigenvalue weighted by Crippen LogP contribution is -2.36. The zero-order valence-corrected chi connectivity index (χ0v) is 16.6. The predicted octanol–water partition coefficient (Wildman–Crippen LogP) is 2.92. The molecule has 0 fully saturated rings. The maximum atomic E-state index is 13.0. The molecule has 0 aliphatic heterocycles. The summed E-state index contributed by atoms with van der Waals surface area (Å²) in [7, 11) is 6.35. The average Bonchev–Trinajstić information content (AvgIpc) is 3.17. The zero-order chi connectivity index (χ0) is 20.7. The quantitative estimate of drug-likeness (QED) is 0.580. The van der Waals surface area contributed by atoms with Crippen LogP contribution in [0.15, 0.2) is 58.1 Å². The van der Waals surface area contributed by atoms with Crippen molar-refractivity contribution < 1.29 is 9.47 Å². The standard InChI is InChI=1S/C22H21N3O4/c1-24-20-18(21(26)25(2)22(24)27)17(13-5-9-15(28-3)10-6-13)19(23-20)14-7-11-16(29-4)12-8-14/h5-12,23H,1-4H3. The number of methoxy groups -OCH3 is 2. The topological polar surface area (TPSA) is 78.2 Å². The van der Waals surface area contributed by atoms with Gasteiger partial charge in [0.1, 0.15) is 17.1 Å². The molecule has 4 rings (SSSR count). The number of hydrogen-bond acceptors (Lipinski definition) is 4. The first kappa shape index (κ1) is 18.6. The van der Waals surface area contributed by atoms with Crippen molar-refractivity contribution in [2.24, 2.45) is 14.1 Å². The molecule has 0 unspecified atom stereocenters. The Kier molecular flexibility index (Phi) is 4.50. The number of nitrogens with one attached hydrogen (secondary N) is 1. The molecular formula is C22H21N3O4. The summed E-state index contributed by atoms with van der Waals surface area (Å²) in [5.41, 5.74) is 2.97. The van der Waals surface area contributed by atoms with Crippen LogP contribution in [0.25, 0.3) is 33.4 Å². The molecule has 4 aromatic rings. The summed E-state index contributed by atoms with van der Waals surface area (Å²) < 4.78 is 13.1. The third kappa shape index (κ3) is 2.91. The van der Waals surface area contributed by atoms with Crippen LogP contribution in [0.2, 0.25) is 0 Å². The Hall–Kier alpha value is -3.74. The number of aromatic nitrogens is 3. The fourth-order valence-electron chi connectivity index (χ4n) is 3.54. The van der Waals surface area contributed by atoms with Crippen molar-refractivity contribution in [1.29, 1.82) is 0 Å². The Balaban J connectivity index is 2.11. The van der Waals surface area contributed by atoms with E-state index in [1.165, 1.54) is 11.6 Å². The minimum atomic E-state index is -0.383. The van der Waals surface area contributed by atoms with E-state index < -0.39 is 0 Å². The maximum Gasteiger partial charge on any atom is 0.332 e. The Morgan fingerprint density at radius 1 is 0.759 bits per heavy atom. The van der Waals surface area contributed by atoms with Gasteiger partial charge in [0.2, 0.25) is 0 Å². The van der Waals surface area contributed by atoms with Gasteiger partial charge in [-0.05, 0) is 47.5 Å². The number of aryl methyl sites for hydroxylation is 1. The lowest BCUT2D eigenvalue weighted by atomic mass is 9.99. The van der Waals surface area contributed by atoms with Crippen molar-refractivity contribution in [1.82, 2.24) is 14.1 Å². The highest BCUT2D eigenvalue weighted by atomic mass is 16.5. The molecule has 2 aromatic carbocycles. The molecule has 2 aromatic heterocycles. The Morgan fingerprint density at radius 3 is 1.79 bits per heavy atom. The molecular weight excluding hydrogens is 370 g/mol. The first-order chi connectivity index (χ1) is 14.0. The fraction of sp³-hybridized carbons (Fsp3) is 0.182. The molecule has 29 heavy (non-hydrogen) atoms. The van der Waals surface area contributed by atoms with E-state index in [0.29, 0.717) is 11.0 Å². The number of aromatic amines is 1. The van der Waals surface area contributed by atoms with Gasteiger partial charge in [0.15, 0.2) is 0 Å². The normalized spacial score (nSPS) is 11.0. The summed E-state index contributed by atoms with van der Waals surface area (Å²) >= 11 is 0. The molecule has 7 nitrogen and oxygen atoms in total. The van der Waals surface area contributed by atoms with E-state index in [-0.39, 0.29) is 11.2 Å². The van der Waals surface area contributed by atoms with E-state index in [0.717, 1.165) is 38.5 Å². The maximum absolute atomic E-state index is 13.0. The minimum absolute atomic E-state index is 0.343. The highest BCUT2D eigenvalue weighted by Crippen LogP contribution is 2.37. The lowest BCUT2D eigenvalue weighted by Gasteiger charge is -2.08.